The van der Waals surface area contributed by atoms with Gasteiger partial charge < -0.3 is 9.84 Å². The van der Waals surface area contributed by atoms with Gasteiger partial charge in [-0.3, -0.25) is 4.79 Å². The highest BCUT2D eigenvalue weighted by Crippen LogP contribution is 2.16. The Morgan fingerprint density at radius 2 is 1.67 bits per heavy atom. The van der Waals surface area contributed by atoms with Gasteiger partial charge in [0, 0.05) is 18.6 Å². The summed E-state index contributed by atoms with van der Waals surface area (Å²) < 4.78 is 44.2. The zero-order valence-electron chi connectivity index (χ0n) is 11.7. The molecule has 0 bridgehead atoms. The number of hydrogen-bond acceptors (Lipinski definition) is 2. The highest BCUT2D eigenvalue weighted by Gasteiger charge is 2.12. The van der Waals surface area contributed by atoms with E-state index in [1.807, 2.05) is 0 Å². The summed E-state index contributed by atoms with van der Waals surface area (Å²) >= 11 is 0. The fourth-order valence-electron chi connectivity index (χ4n) is 1.87. The molecule has 1 rings (SSSR count). The number of ether oxygens (including phenoxy) is 1. The highest BCUT2D eigenvalue weighted by molar-refractivity contribution is 5.66. The summed E-state index contributed by atoms with van der Waals surface area (Å²) in [6.45, 7) is 0.305. The topological polar surface area (TPSA) is 46.5 Å². The first-order chi connectivity index (χ1) is 10.0. The average Bonchev–Trinajstić information content (AvgIpc) is 2.45. The van der Waals surface area contributed by atoms with Gasteiger partial charge in [-0.05, 0) is 18.9 Å². The zero-order chi connectivity index (χ0) is 15.7. The fourth-order valence-corrected chi connectivity index (χ4v) is 1.87. The van der Waals surface area contributed by atoms with E-state index < -0.39 is 23.4 Å². The number of carboxylic acids is 1. The Morgan fingerprint density at radius 1 is 1.00 bits per heavy atom. The van der Waals surface area contributed by atoms with Crippen LogP contribution in [0.5, 0.6) is 0 Å². The minimum Gasteiger partial charge on any atom is -0.481 e. The van der Waals surface area contributed by atoms with E-state index in [1.165, 1.54) is 6.07 Å². The van der Waals surface area contributed by atoms with Crippen LogP contribution in [0.2, 0.25) is 0 Å². The van der Waals surface area contributed by atoms with Crippen LogP contribution in [0, 0.1) is 17.5 Å². The van der Waals surface area contributed by atoms with Crippen LogP contribution >= 0.6 is 0 Å². The Morgan fingerprint density at radius 3 is 2.38 bits per heavy atom. The largest absolute Gasteiger partial charge is 0.481 e. The van der Waals surface area contributed by atoms with Crippen LogP contribution in [0.15, 0.2) is 12.1 Å². The summed E-state index contributed by atoms with van der Waals surface area (Å²) in [5.41, 5.74) is -0.00430. The molecule has 3 nitrogen and oxygen atoms in total. The normalized spacial score (nSPS) is 10.8. The van der Waals surface area contributed by atoms with Gasteiger partial charge in [-0.25, -0.2) is 13.2 Å². The first-order valence-corrected chi connectivity index (χ1v) is 6.94. The smallest absolute Gasteiger partial charge is 0.303 e. The highest BCUT2D eigenvalue weighted by atomic mass is 19.2. The van der Waals surface area contributed by atoms with Crippen molar-refractivity contribution in [2.45, 2.75) is 45.1 Å². The fraction of sp³-hybridized carbons (Fsp3) is 0.533. The number of carbonyl (C=O) groups is 1. The number of rotatable bonds is 10. The van der Waals surface area contributed by atoms with Crippen LogP contribution in [-0.4, -0.2) is 17.7 Å². The van der Waals surface area contributed by atoms with E-state index in [1.54, 1.807) is 0 Å². The summed E-state index contributed by atoms with van der Waals surface area (Å²) in [7, 11) is 0. The molecule has 0 radical (unpaired) electrons. The van der Waals surface area contributed by atoms with Crippen molar-refractivity contribution in [3.63, 3.8) is 0 Å². The van der Waals surface area contributed by atoms with Gasteiger partial charge in [0.15, 0.2) is 17.5 Å². The summed E-state index contributed by atoms with van der Waals surface area (Å²) in [6.07, 6.45) is 4.26. The first-order valence-electron chi connectivity index (χ1n) is 6.94. The summed E-state index contributed by atoms with van der Waals surface area (Å²) in [5.74, 6) is -4.68. The van der Waals surface area contributed by atoms with Gasteiger partial charge in [0.25, 0.3) is 0 Å². The van der Waals surface area contributed by atoms with E-state index in [0.29, 0.717) is 13.0 Å². The number of unbranched alkanes of at least 4 members (excludes halogenated alkanes) is 4. The molecule has 0 aliphatic rings. The molecule has 21 heavy (non-hydrogen) atoms. The monoisotopic (exact) mass is 304 g/mol. The van der Waals surface area contributed by atoms with Gasteiger partial charge in [-0.2, -0.15) is 0 Å². The third-order valence-corrected chi connectivity index (χ3v) is 3.05. The van der Waals surface area contributed by atoms with Crippen molar-refractivity contribution in [2.24, 2.45) is 0 Å². The van der Waals surface area contributed by atoms with Crippen LogP contribution in [0.25, 0.3) is 0 Å². The molecular weight excluding hydrogens is 285 g/mol. The van der Waals surface area contributed by atoms with Crippen molar-refractivity contribution in [1.82, 2.24) is 0 Å². The maximum absolute atomic E-state index is 13.3. The van der Waals surface area contributed by atoms with Gasteiger partial charge >= 0.3 is 5.97 Å². The van der Waals surface area contributed by atoms with Gasteiger partial charge in [-0.15, -0.1) is 0 Å². The Labute approximate surface area is 121 Å². The standard InChI is InChI=1S/C15H19F3O3/c16-12-8-7-11(14(17)15(12)18)10-21-9-5-3-1-2-4-6-13(19)20/h7-8H,1-6,9-10H2,(H,19,20). The Bertz CT molecular complexity index is 464. The molecule has 1 aromatic carbocycles. The van der Waals surface area contributed by atoms with E-state index in [-0.39, 0.29) is 18.6 Å². The van der Waals surface area contributed by atoms with Crippen molar-refractivity contribution in [1.29, 1.82) is 0 Å². The van der Waals surface area contributed by atoms with Crippen molar-refractivity contribution in [3.05, 3.63) is 35.1 Å². The number of aliphatic carboxylic acids is 1. The van der Waals surface area contributed by atoms with E-state index in [4.69, 9.17) is 9.84 Å². The van der Waals surface area contributed by atoms with Crippen molar-refractivity contribution >= 4 is 5.97 Å². The van der Waals surface area contributed by atoms with Gasteiger partial charge in [0.2, 0.25) is 0 Å². The van der Waals surface area contributed by atoms with Crippen molar-refractivity contribution in [3.8, 4) is 0 Å². The molecule has 0 saturated carbocycles. The molecule has 0 atom stereocenters. The van der Waals surface area contributed by atoms with Crippen LogP contribution in [0.4, 0.5) is 13.2 Å². The maximum atomic E-state index is 13.3. The lowest BCUT2D eigenvalue weighted by atomic mass is 10.1. The molecule has 0 saturated heterocycles. The van der Waals surface area contributed by atoms with Crippen LogP contribution in [0.1, 0.15) is 44.1 Å². The lowest BCUT2D eigenvalue weighted by molar-refractivity contribution is -0.137. The SMILES string of the molecule is O=C(O)CCCCCCCOCc1ccc(F)c(F)c1F. The summed E-state index contributed by atoms with van der Waals surface area (Å²) in [5, 5.41) is 8.45. The minimum atomic E-state index is -1.48. The molecule has 0 unspecified atom stereocenters. The number of halogens is 3. The van der Waals surface area contributed by atoms with Gasteiger partial charge in [-0.1, -0.05) is 25.3 Å². The predicted molar refractivity (Wildman–Crippen MR) is 71.3 cm³/mol. The molecule has 0 amide bonds. The third kappa shape index (κ3) is 6.62. The summed E-state index contributed by atoms with van der Waals surface area (Å²) in [4.78, 5) is 10.3. The van der Waals surface area contributed by atoms with Crippen LogP contribution in [-0.2, 0) is 16.1 Å². The zero-order valence-corrected chi connectivity index (χ0v) is 11.7. The average molecular weight is 304 g/mol. The second-order valence-corrected chi connectivity index (χ2v) is 4.80. The van der Waals surface area contributed by atoms with Gasteiger partial charge in [0.05, 0.1) is 6.61 Å². The Balaban J connectivity index is 2.10. The summed E-state index contributed by atoms with van der Waals surface area (Å²) in [6, 6.07) is 2.04. The number of carboxylic acid groups (broad SMARTS) is 1. The van der Waals surface area contributed by atoms with Crippen molar-refractivity contribution < 1.29 is 27.8 Å². The molecular formula is C15H19F3O3. The van der Waals surface area contributed by atoms with E-state index in [2.05, 4.69) is 0 Å². The van der Waals surface area contributed by atoms with Crippen LogP contribution in [0.3, 0.4) is 0 Å². The molecule has 0 spiro atoms. The molecule has 0 aromatic heterocycles. The van der Waals surface area contributed by atoms with E-state index in [0.717, 1.165) is 31.7 Å². The van der Waals surface area contributed by atoms with Gasteiger partial charge in [0.1, 0.15) is 0 Å². The van der Waals surface area contributed by atoms with Crippen molar-refractivity contribution in [2.75, 3.05) is 6.61 Å². The molecule has 0 fully saturated rings. The van der Waals surface area contributed by atoms with E-state index in [9.17, 15) is 18.0 Å². The number of hydrogen-bond donors (Lipinski definition) is 1. The molecule has 0 aliphatic carbocycles. The quantitative estimate of drug-likeness (QED) is 0.524. The minimum absolute atomic E-state index is 0.00430. The molecule has 0 aliphatic heterocycles. The molecule has 1 N–H and O–H groups in total. The first kappa shape index (κ1) is 17.5. The third-order valence-electron chi connectivity index (χ3n) is 3.05. The maximum Gasteiger partial charge on any atom is 0.303 e. The second kappa shape index (κ2) is 9.39. The Hall–Kier alpha value is -1.56. The van der Waals surface area contributed by atoms with Crippen LogP contribution < -0.4 is 0 Å². The molecule has 1 aromatic rings. The predicted octanol–water partition coefficient (Wildman–Crippen LogP) is 4.05. The molecule has 118 valence electrons. The Kier molecular flexibility index (Phi) is 7.82. The second-order valence-electron chi connectivity index (χ2n) is 4.80. The molecule has 6 heteroatoms. The lowest BCUT2D eigenvalue weighted by Crippen LogP contribution is -2.01. The molecule has 0 heterocycles. The van der Waals surface area contributed by atoms with E-state index >= 15 is 0 Å². The number of benzene rings is 1. The lowest BCUT2D eigenvalue weighted by Gasteiger charge is -2.06.